The van der Waals surface area contributed by atoms with Crippen molar-refractivity contribution < 1.29 is 22.7 Å². The van der Waals surface area contributed by atoms with Gasteiger partial charge >= 0.3 is 0 Å². The molecule has 0 spiro atoms. The first-order valence-corrected chi connectivity index (χ1v) is 9.93. The van der Waals surface area contributed by atoms with Crippen molar-refractivity contribution in [3.05, 3.63) is 18.2 Å². The van der Waals surface area contributed by atoms with Gasteiger partial charge in [-0.25, -0.2) is 8.42 Å². The highest BCUT2D eigenvalue weighted by molar-refractivity contribution is 7.89. The Bertz CT molecular complexity index is 749. The molecule has 2 aliphatic heterocycles. The van der Waals surface area contributed by atoms with E-state index in [9.17, 15) is 13.2 Å². The summed E-state index contributed by atoms with van der Waals surface area (Å²) in [6.07, 6.45) is 3.01. The number of ether oxygens (including phenoxy) is 2. The van der Waals surface area contributed by atoms with Crippen molar-refractivity contribution in [2.45, 2.75) is 36.6 Å². The summed E-state index contributed by atoms with van der Waals surface area (Å²) < 4.78 is 38.1. The van der Waals surface area contributed by atoms with E-state index in [1.54, 1.807) is 12.1 Å². The molecule has 2 aliphatic rings. The van der Waals surface area contributed by atoms with Gasteiger partial charge in [0.25, 0.3) is 0 Å². The van der Waals surface area contributed by atoms with Gasteiger partial charge in [-0.2, -0.15) is 4.31 Å². The third-order valence-corrected chi connectivity index (χ3v) is 6.80. The zero-order chi connectivity index (χ0) is 18.0. The smallest absolute Gasteiger partial charge is 0.246 e. The SMILES string of the molecule is COc1ccc(S(=O)(=O)N2CCC[C@@H](N3CCCC3=O)C2)c(OC)c1. The molecular weight excluding hydrogens is 344 g/mol. The Morgan fingerprint density at radius 1 is 1.12 bits per heavy atom. The summed E-state index contributed by atoms with van der Waals surface area (Å²) in [6.45, 7) is 1.52. The predicted molar refractivity (Wildman–Crippen MR) is 92.3 cm³/mol. The highest BCUT2D eigenvalue weighted by atomic mass is 32.2. The second-order valence-corrected chi connectivity index (χ2v) is 8.27. The van der Waals surface area contributed by atoms with Gasteiger partial charge in [0.15, 0.2) is 0 Å². The summed E-state index contributed by atoms with van der Waals surface area (Å²) >= 11 is 0. The standard InChI is InChI=1S/C17H24N2O5S/c1-23-14-7-8-16(15(11-14)24-2)25(21,22)18-9-3-5-13(12-18)19-10-4-6-17(19)20/h7-8,11,13H,3-6,9-10,12H2,1-2H3/t13-/m1/s1. The highest BCUT2D eigenvalue weighted by Gasteiger charge is 2.37. The quantitative estimate of drug-likeness (QED) is 0.787. The number of hydrogen-bond donors (Lipinski definition) is 0. The lowest BCUT2D eigenvalue weighted by Gasteiger charge is -2.37. The van der Waals surface area contributed by atoms with Gasteiger partial charge in [0.1, 0.15) is 16.4 Å². The Labute approximate surface area is 148 Å². The molecule has 0 radical (unpaired) electrons. The third-order valence-electron chi connectivity index (χ3n) is 4.90. The molecule has 0 bridgehead atoms. The molecule has 1 aromatic rings. The van der Waals surface area contributed by atoms with E-state index in [-0.39, 0.29) is 22.6 Å². The van der Waals surface area contributed by atoms with Crippen molar-refractivity contribution in [1.29, 1.82) is 0 Å². The molecule has 138 valence electrons. The van der Waals surface area contributed by atoms with Crippen LogP contribution in [0.15, 0.2) is 23.1 Å². The first-order chi connectivity index (χ1) is 12.0. The summed E-state index contributed by atoms with van der Waals surface area (Å²) in [5.74, 6) is 0.931. The van der Waals surface area contributed by atoms with Gasteiger partial charge < -0.3 is 14.4 Å². The van der Waals surface area contributed by atoms with Crippen LogP contribution in [-0.4, -0.2) is 63.4 Å². The van der Waals surface area contributed by atoms with Crippen LogP contribution in [0.25, 0.3) is 0 Å². The van der Waals surface area contributed by atoms with Crippen molar-refractivity contribution in [1.82, 2.24) is 9.21 Å². The van der Waals surface area contributed by atoms with Crippen molar-refractivity contribution in [3.8, 4) is 11.5 Å². The molecular formula is C17H24N2O5S. The van der Waals surface area contributed by atoms with E-state index in [1.165, 1.54) is 24.6 Å². The fraction of sp³-hybridized carbons (Fsp3) is 0.588. The molecule has 2 heterocycles. The Morgan fingerprint density at radius 3 is 2.56 bits per heavy atom. The number of piperidine rings is 1. The highest BCUT2D eigenvalue weighted by Crippen LogP contribution is 2.32. The number of hydrogen-bond acceptors (Lipinski definition) is 5. The van der Waals surface area contributed by atoms with Crippen LogP contribution < -0.4 is 9.47 Å². The number of rotatable bonds is 5. The first kappa shape index (κ1) is 18.0. The fourth-order valence-electron chi connectivity index (χ4n) is 3.58. The maximum Gasteiger partial charge on any atom is 0.246 e. The van der Waals surface area contributed by atoms with E-state index in [1.807, 2.05) is 4.90 Å². The van der Waals surface area contributed by atoms with E-state index in [0.717, 1.165) is 25.8 Å². The lowest BCUT2D eigenvalue weighted by molar-refractivity contribution is -0.130. The maximum absolute atomic E-state index is 13.1. The number of nitrogens with zero attached hydrogens (tertiary/aromatic N) is 2. The molecule has 1 atom stereocenters. The number of amides is 1. The summed E-state index contributed by atoms with van der Waals surface area (Å²) in [5, 5.41) is 0. The molecule has 0 aliphatic carbocycles. The molecule has 7 nitrogen and oxygen atoms in total. The van der Waals surface area contributed by atoms with Crippen molar-refractivity contribution in [3.63, 3.8) is 0 Å². The normalized spacial score (nSPS) is 22.2. The van der Waals surface area contributed by atoms with Crippen LogP contribution in [0.5, 0.6) is 11.5 Å². The van der Waals surface area contributed by atoms with E-state index < -0.39 is 10.0 Å². The monoisotopic (exact) mass is 368 g/mol. The molecule has 0 saturated carbocycles. The Balaban J connectivity index is 1.85. The van der Waals surface area contributed by atoms with Gasteiger partial charge in [-0.3, -0.25) is 4.79 Å². The molecule has 0 aromatic heterocycles. The lowest BCUT2D eigenvalue weighted by Crippen LogP contribution is -2.50. The zero-order valence-corrected chi connectivity index (χ0v) is 15.4. The van der Waals surface area contributed by atoms with E-state index in [0.29, 0.717) is 25.3 Å². The van der Waals surface area contributed by atoms with E-state index in [2.05, 4.69) is 0 Å². The molecule has 8 heteroatoms. The molecule has 1 aromatic carbocycles. The molecule has 0 N–H and O–H groups in total. The van der Waals surface area contributed by atoms with Gasteiger partial charge in [0.05, 0.1) is 14.2 Å². The zero-order valence-electron chi connectivity index (χ0n) is 14.6. The minimum atomic E-state index is -3.69. The third kappa shape index (κ3) is 3.46. The van der Waals surface area contributed by atoms with Crippen LogP contribution in [0.1, 0.15) is 25.7 Å². The van der Waals surface area contributed by atoms with E-state index >= 15 is 0 Å². The number of benzene rings is 1. The van der Waals surface area contributed by atoms with Crippen LogP contribution in [0, 0.1) is 0 Å². The number of sulfonamides is 1. The summed E-state index contributed by atoms with van der Waals surface area (Å²) in [6, 6.07) is 4.65. The van der Waals surface area contributed by atoms with E-state index in [4.69, 9.17) is 9.47 Å². The van der Waals surface area contributed by atoms with Crippen LogP contribution in [-0.2, 0) is 14.8 Å². The Kier molecular flexibility index (Phi) is 5.19. The van der Waals surface area contributed by atoms with Gasteiger partial charge in [-0.15, -0.1) is 0 Å². The Morgan fingerprint density at radius 2 is 1.92 bits per heavy atom. The largest absolute Gasteiger partial charge is 0.497 e. The average Bonchev–Trinajstić information content (AvgIpc) is 3.07. The lowest BCUT2D eigenvalue weighted by atomic mass is 10.1. The van der Waals surface area contributed by atoms with Gasteiger partial charge in [0.2, 0.25) is 15.9 Å². The van der Waals surface area contributed by atoms with Gasteiger partial charge in [-0.05, 0) is 31.4 Å². The van der Waals surface area contributed by atoms with Crippen molar-refractivity contribution in [2.75, 3.05) is 33.9 Å². The molecule has 25 heavy (non-hydrogen) atoms. The van der Waals surface area contributed by atoms with Crippen molar-refractivity contribution in [2.24, 2.45) is 0 Å². The Hall–Kier alpha value is -1.80. The molecule has 0 unspecified atom stereocenters. The van der Waals surface area contributed by atoms with Crippen LogP contribution in [0.3, 0.4) is 0 Å². The summed E-state index contributed by atoms with van der Waals surface area (Å²) in [7, 11) is -0.736. The number of carbonyl (C=O) groups is 1. The first-order valence-electron chi connectivity index (χ1n) is 8.49. The van der Waals surface area contributed by atoms with Crippen LogP contribution in [0.2, 0.25) is 0 Å². The second-order valence-electron chi connectivity index (χ2n) is 6.37. The molecule has 1 amide bonds. The van der Waals surface area contributed by atoms with Gasteiger partial charge in [-0.1, -0.05) is 0 Å². The van der Waals surface area contributed by atoms with Gasteiger partial charge in [0, 0.05) is 38.2 Å². The molecule has 2 fully saturated rings. The fourth-order valence-corrected chi connectivity index (χ4v) is 5.23. The summed E-state index contributed by atoms with van der Waals surface area (Å²) in [5.41, 5.74) is 0. The molecule has 3 rings (SSSR count). The number of carbonyl (C=O) groups excluding carboxylic acids is 1. The van der Waals surface area contributed by atoms with Crippen molar-refractivity contribution >= 4 is 15.9 Å². The number of likely N-dealkylation sites (tertiary alicyclic amines) is 1. The van der Waals surface area contributed by atoms with Crippen LogP contribution >= 0.6 is 0 Å². The molecule has 2 saturated heterocycles. The maximum atomic E-state index is 13.1. The predicted octanol–water partition coefficient (Wildman–Crippen LogP) is 1.48. The minimum Gasteiger partial charge on any atom is -0.497 e. The topological polar surface area (TPSA) is 76.2 Å². The second kappa shape index (κ2) is 7.21. The van der Waals surface area contributed by atoms with Crippen LogP contribution in [0.4, 0.5) is 0 Å². The minimum absolute atomic E-state index is 0.0391. The number of methoxy groups -OCH3 is 2. The summed E-state index contributed by atoms with van der Waals surface area (Å²) in [4.78, 5) is 14.0. The average molecular weight is 368 g/mol.